The molecule has 0 N–H and O–H groups in total. The lowest BCUT2D eigenvalue weighted by Gasteiger charge is -2.33. The minimum atomic E-state index is -1.08. The van der Waals surface area contributed by atoms with Gasteiger partial charge in [0.15, 0.2) is 17.4 Å². The predicted octanol–water partition coefficient (Wildman–Crippen LogP) is 6.74. The largest absolute Gasteiger partial charge is 0.454 e. The van der Waals surface area contributed by atoms with Crippen molar-refractivity contribution in [2.75, 3.05) is 13.1 Å². The van der Waals surface area contributed by atoms with Crippen LogP contribution in [-0.4, -0.2) is 44.4 Å². The molecule has 0 aliphatic carbocycles. The van der Waals surface area contributed by atoms with E-state index in [0.717, 1.165) is 25.1 Å². The molecule has 1 amide bonds. The summed E-state index contributed by atoms with van der Waals surface area (Å²) >= 11 is 0. The summed E-state index contributed by atoms with van der Waals surface area (Å²) in [5.74, 6) is -2.72. The Bertz CT molecular complexity index is 1480. The van der Waals surface area contributed by atoms with E-state index in [2.05, 4.69) is 4.98 Å². The number of halogens is 3. The maximum Gasteiger partial charge on any atom is 0.410 e. The number of rotatable bonds is 4. The maximum absolute atomic E-state index is 15.1. The van der Waals surface area contributed by atoms with Crippen molar-refractivity contribution in [1.82, 2.24) is 19.7 Å². The molecule has 4 aromatic rings. The number of ether oxygens (including phenoxy) is 2. The summed E-state index contributed by atoms with van der Waals surface area (Å²) < 4.78 is 55.2. The number of fused-ring (bicyclic) bond motifs is 1. The quantitative estimate of drug-likeness (QED) is 0.296. The molecule has 7 nitrogen and oxygen atoms in total. The molecule has 1 fully saturated rings. The lowest BCUT2D eigenvalue weighted by molar-refractivity contribution is 0.0197. The molecule has 1 saturated heterocycles. The highest BCUT2D eigenvalue weighted by Crippen LogP contribution is 2.35. The second kappa shape index (κ2) is 10.00. The van der Waals surface area contributed by atoms with Gasteiger partial charge in [0, 0.05) is 19.0 Å². The summed E-state index contributed by atoms with van der Waals surface area (Å²) in [5, 5.41) is 5.10. The maximum atomic E-state index is 15.1. The number of pyridine rings is 1. The van der Waals surface area contributed by atoms with Crippen molar-refractivity contribution in [3.8, 4) is 17.2 Å². The molecule has 2 aromatic carbocycles. The molecule has 38 heavy (non-hydrogen) atoms. The number of carbonyl (C=O) groups excluding carboxylic acids is 1. The van der Waals surface area contributed by atoms with E-state index in [4.69, 9.17) is 14.6 Å². The fraction of sp³-hybridized carbons (Fsp3) is 0.321. The van der Waals surface area contributed by atoms with Crippen LogP contribution in [0.5, 0.6) is 11.5 Å². The fourth-order valence-electron chi connectivity index (χ4n) is 4.57. The van der Waals surface area contributed by atoms with E-state index < -0.39 is 29.1 Å². The Morgan fingerprint density at radius 1 is 1.03 bits per heavy atom. The first-order valence-electron chi connectivity index (χ1n) is 12.3. The monoisotopic (exact) mass is 524 g/mol. The van der Waals surface area contributed by atoms with E-state index in [1.54, 1.807) is 33.8 Å². The van der Waals surface area contributed by atoms with E-state index in [9.17, 15) is 13.6 Å². The molecule has 1 atom stereocenters. The Kier molecular flexibility index (Phi) is 6.73. The molecular formula is C28H27F3N4O3. The van der Waals surface area contributed by atoms with Crippen LogP contribution in [0.4, 0.5) is 18.0 Å². The summed E-state index contributed by atoms with van der Waals surface area (Å²) in [7, 11) is 0. The first-order chi connectivity index (χ1) is 18.1. The first kappa shape index (κ1) is 25.6. The van der Waals surface area contributed by atoms with Gasteiger partial charge in [0.2, 0.25) is 5.82 Å². The van der Waals surface area contributed by atoms with Gasteiger partial charge in [-0.15, -0.1) is 0 Å². The summed E-state index contributed by atoms with van der Waals surface area (Å²) in [5.41, 5.74) is 0.988. The normalized spacial score (nSPS) is 16.1. The van der Waals surface area contributed by atoms with Gasteiger partial charge in [-0.05, 0) is 70.0 Å². The average Bonchev–Trinajstić information content (AvgIpc) is 3.27. The smallest absolute Gasteiger partial charge is 0.410 e. The van der Waals surface area contributed by atoms with Crippen molar-refractivity contribution in [3.63, 3.8) is 0 Å². The molecule has 1 aliphatic heterocycles. The molecule has 1 unspecified atom stereocenters. The van der Waals surface area contributed by atoms with Gasteiger partial charge in [0.1, 0.15) is 11.4 Å². The van der Waals surface area contributed by atoms with E-state index in [-0.39, 0.29) is 11.7 Å². The fourth-order valence-corrected chi connectivity index (χ4v) is 4.57. The number of carbonyl (C=O) groups is 1. The van der Waals surface area contributed by atoms with Crippen molar-refractivity contribution in [1.29, 1.82) is 0 Å². The third-order valence-electron chi connectivity index (χ3n) is 6.26. The standard InChI is InChI=1S/C28H27F3N4O3/c1-28(2,3)38-27(36)34-13-5-6-17(16-34)26-24-21(30)14-32-15-22(24)35(33-26)18-9-11-19(12-10-18)37-23-8-4-7-20(29)25(23)31/h4,7-12,14-15,17H,5-6,13,16H2,1-3H3. The number of hydrogen-bond donors (Lipinski definition) is 0. The van der Waals surface area contributed by atoms with E-state index >= 15 is 4.39 Å². The molecule has 0 saturated carbocycles. The van der Waals surface area contributed by atoms with Crippen molar-refractivity contribution in [3.05, 3.63) is 78.0 Å². The van der Waals surface area contributed by atoms with Crippen molar-refractivity contribution in [2.45, 2.75) is 45.1 Å². The van der Waals surface area contributed by atoms with E-state index in [1.807, 2.05) is 20.8 Å². The highest BCUT2D eigenvalue weighted by molar-refractivity contribution is 5.84. The number of nitrogens with zero attached hydrogens (tertiary/aromatic N) is 4. The van der Waals surface area contributed by atoms with Gasteiger partial charge in [-0.2, -0.15) is 9.49 Å². The van der Waals surface area contributed by atoms with Gasteiger partial charge in [-0.1, -0.05) is 6.07 Å². The number of amides is 1. The summed E-state index contributed by atoms with van der Waals surface area (Å²) in [4.78, 5) is 18.3. The minimum Gasteiger partial charge on any atom is -0.454 e. The Balaban J connectivity index is 1.45. The predicted molar refractivity (Wildman–Crippen MR) is 135 cm³/mol. The minimum absolute atomic E-state index is 0.199. The molecule has 10 heteroatoms. The van der Waals surface area contributed by atoms with Crippen LogP contribution in [0, 0.1) is 17.5 Å². The number of hydrogen-bond acceptors (Lipinski definition) is 5. The molecule has 1 aliphatic rings. The second-order valence-electron chi connectivity index (χ2n) is 10.2. The zero-order valence-electron chi connectivity index (χ0n) is 21.2. The second-order valence-corrected chi connectivity index (χ2v) is 10.2. The van der Waals surface area contributed by atoms with Crippen LogP contribution < -0.4 is 4.74 Å². The average molecular weight is 525 g/mol. The summed E-state index contributed by atoms with van der Waals surface area (Å²) in [6, 6.07) is 10.2. The van der Waals surface area contributed by atoms with Crippen LogP contribution in [0.1, 0.15) is 45.2 Å². The number of aromatic nitrogens is 3. The van der Waals surface area contributed by atoms with Gasteiger partial charge < -0.3 is 14.4 Å². The Hall–Kier alpha value is -4.08. The van der Waals surface area contributed by atoms with Gasteiger partial charge in [0.25, 0.3) is 0 Å². The third-order valence-corrected chi connectivity index (χ3v) is 6.26. The molecule has 5 rings (SSSR count). The first-order valence-corrected chi connectivity index (χ1v) is 12.3. The number of likely N-dealkylation sites (tertiary alicyclic amines) is 1. The van der Waals surface area contributed by atoms with Crippen molar-refractivity contribution in [2.24, 2.45) is 0 Å². The van der Waals surface area contributed by atoms with Crippen LogP contribution in [0.2, 0.25) is 0 Å². The van der Waals surface area contributed by atoms with Crippen molar-refractivity contribution >= 4 is 17.0 Å². The topological polar surface area (TPSA) is 69.5 Å². The van der Waals surface area contributed by atoms with Crippen LogP contribution in [0.3, 0.4) is 0 Å². The Morgan fingerprint density at radius 3 is 2.53 bits per heavy atom. The van der Waals surface area contributed by atoms with Gasteiger partial charge in [0.05, 0.1) is 34.7 Å². The van der Waals surface area contributed by atoms with E-state index in [1.165, 1.54) is 18.3 Å². The molecule has 3 heterocycles. The molecule has 2 aromatic heterocycles. The summed E-state index contributed by atoms with van der Waals surface area (Å²) in [6.07, 6.45) is 3.75. The van der Waals surface area contributed by atoms with Gasteiger partial charge >= 0.3 is 6.09 Å². The molecule has 0 radical (unpaired) electrons. The SMILES string of the molecule is CC(C)(C)OC(=O)N1CCCC(c2nn(-c3ccc(Oc4cccc(F)c4F)cc3)c3cncc(F)c23)C1. The highest BCUT2D eigenvalue weighted by Gasteiger charge is 2.32. The third kappa shape index (κ3) is 5.16. The Morgan fingerprint density at radius 2 is 1.79 bits per heavy atom. The van der Waals surface area contributed by atoms with Gasteiger partial charge in [-0.25, -0.2) is 18.3 Å². The van der Waals surface area contributed by atoms with Gasteiger partial charge in [-0.3, -0.25) is 4.98 Å². The molecular weight excluding hydrogens is 497 g/mol. The van der Waals surface area contributed by atoms with E-state index in [0.29, 0.717) is 41.1 Å². The molecule has 198 valence electrons. The highest BCUT2D eigenvalue weighted by atomic mass is 19.2. The zero-order valence-corrected chi connectivity index (χ0v) is 21.2. The van der Waals surface area contributed by atoms with Crippen molar-refractivity contribution < 1.29 is 27.4 Å². The van der Waals surface area contributed by atoms with Crippen LogP contribution in [-0.2, 0) is 4.74 Å². The number of benzene rings is 2. The zero-order chi connectivity index (χ0) is 27.0. The van der Waals surface area contributed by atoms with Crippen LogP contribution in [0.25, 0.3) is 16.6 Å². The Labute approximate surface area is 217 Å². The molecule has 0 spiro atoms. The van der Waals surface area contributed by atoms with Crippen LogP contribution >= 0.6 is 0 Å². The van der Waals surface area contributed by atoms with Crippen LogP contribution in [0.15, 0.2) is 54.9 Å². The summed E-state index contributed by atoms with van der Waals surface area (Å²) in [6.45, 7) is 6.36. The lowest BCUT2D eigenvalue weighted by atomic mass is 9.93. The molecule has 0 bridgehead atoms. The number of piperidine rings is 1. The lowest BCUT2D eigenvalue weighted by Crippen LogP contribution is -2.42.